The molecule has 0 saturated heterocycles. The summed E-state index contributed by atoms with van der Waals surface area (Å²) in [6.45, 7) is 0. The van der Waals surface area contributed by atoms with Crippen LogP contribution in [0.15, 0.2) is 0 Å². The molecule has 0 nitrogen and oxygen atoms in total. The summed E-state index contributed by atoms with van der Waals surface area (Å²) in [5, 5.41) is 0. The van der Waals surface area contributed by atoms with E-state index in [4.69, 9.17) is 0 Å². The van der Waals surface area contributed by atoms with Gasteiger partial charge in [0.2, 0.25) is 0 Å². The first kappa shape index (κ1) is 76.4. The van der Waals surface area contributed by atoms with E-state index in [1.54, 1.807) is 0 Å². The molecule has 0 aromatic heterocycles. The van der Waals surface area contributed by atoms with Crippen molar-refractivity contribution in [1.82, 2.24) is 0 Å². The predicted molar refractivity (Wildman–Crippen MR) is 21.3 cm³/mol. The second kappa shape index (κ2) is 50.7. The van der Waals surface area contributed by atoms with Crippen LogP contribution in [0.3, 0.4) is 0 Å². The molecule has 0 unspecified atom stereocenters. The molecule has 6 heavy (non-hydrogen) atoms. The molecule has 0 bridgehead atoms. The molecule has 0 atom stereocenters. The molecule has 45 valence electrons. The van der Waals surface area contributed by atoms with E-state index in [0.29, 0.717) is 0 Å². The third kappa shape index (κ3) is 31.4. The maximum Gasteiger partial charge on any atom is 0.0814 e. The summed E-state index contributed by atoms with van der Waals surface area (Å²) in [6.07, 6.45) is 0. The van der Waals surface area contributed by atoms with Crippen LogP contribution in [0.1, 0.15) is 0 Å². The van der Waals surface area contributed by atoms with Crippen molar-refractivity contribution in [2.24, 2.45) is 0 Å². The van der Waals surface area contributed by atoms with E-state index in [2.05, 4.69) is 0 Å². The van der Waals surface area contributed by atoms with Crippen LogP contribution in [0, 0.1) is 0 Å². The Morgan fingerprint density at radius 1 is 1.00 bits per heavy atom. The van der Waals surface area contributed by atoms with Crippen molar-refractivity contribution < 1.29 is 71.7 Å². The van der Waals surface area contributed by atoms with E-state index in [1.807, 2.05) is 0 Å². The van der Waals surface area contributed by atoms with E-state index in [9.17, 15) is 0 Å². The Labute approximate surface area is 90.1 Å². The second-order valence-electron chi connectivity index (χ2n) is 0. The predicted octanol–water partition coefficient (Wildman–Crippen LogP) is -2.65. The molecule has 1 radical (unpaired) electrons. The van der Waals surface area contributed by atoms with Gasteiger partial charge in [0.1, 0.15) is 0 Å². The van der Waals surface area contributed by atoms with E-state index in [-0.39, 0.29) is 91.1 Å². The Bertz CT molecular complexity index is 15.5. The van der Waals surface area contributed by atoms with Crippen molar-refractivity contribution in [2.75, 3.05) is 0 Å². The van der Waals surface area contributed by atoms with Gasteiger partial charge >= 0.3 is 0 Å². The van der Waals surface area contributed by atoms with Crippen LogP contribution in [0.4, 0.5) is 0 Å². The van der Waals surface area contributed by atoms with Crippen molar-refractivity contribution in [2.45, 2.75) is 0 Å². The Kier molecular flexibility index (Phi) is 645. The summed E-state index contributed by atoms with van der Waals surface area (Å²) in [4.78, 5) is 0. The fourth-order valence-electron chi connectivity index (χ4n) is 0. The Morgan fingerprint density at radius 3 is 1.00 bits per heavy atom. The van der Waals surface area contributed by atoms with Gasteiger partial charge in [0, 0.05) is 71.7 Å². The van der Waals surface area contributed by atoms with E-state index in [0.717, 1.165) is 0 Å². The average Bonchev–Trinajstić information content (AvgIpc) is 0. The molecule has 0 aliphatic heterocycles. The van der Waals surface area contributed by atoms with Gasteiger partial charge in [-0.25, -0.2) is 0 Å². The standard InChI is InChI=1S/BH3.Co.Cr.Ni.H4Si.W/h1H3;;;;1H4;. The Hall–Kier alpha value is 2.50. The number of hydrogen-bond donors (Lipinski definition) is 0. The van der Waals surface area contributed by atoms with Gasteiger partial charge in [0.15, 0.2) is 0 Å². The molecule has 0 amide bonds. The minimum absolute atomic E-state index is 0. The summed E-state index contributed by atoms with van der Waals surface area (Å²) in [5.41, 5.74) is 0. The molecule has 0 aromatic rings. The molecule has 0 N–H and O–H groups in total. The molecule has 0 aromatic carbocycles. The van der Waals surface area contributed by atoms with Crippen LogP contribution in [-0.2, 0) is 71.7 Å². The quantitative estimate of drug-likeness (QED) is 0.391. The summed E-state index contributed by atoms with van der Waals surface area (Å²) < 4.78 is 0. The van der Waals surface area contributed by atoms with Gasteiger partial charge in [-0.1, -0.05) is 0 Å². The van der Waals surface area contributed by atoms with Crippen LogP contribution in [0.2, 0.25) is 0 Å². The average molecular weight is 399 g/mol. The van der Waals surface area contributed by atoms with Gasteiger partial charge < -0.3 is 0 Å². The van der Waals surface area contributed by atoms with Gasteiger partial charge in [0.25, 0.3) is 0 Å². The van der Waals surface area contributed by atoms with Crippen molar-refractivity contribution in [3.63, 3.8) is 0 Å². The van der Waals surface area contributed by atoms with Crippen LogP contribution < -0.4 is 0 Å². The van der Waals surface area contributed by atoms with E-state index in [1.165, 1.54) is 0 Å². The van der Waals surface area contributed by atoms with Crippen molar-refractivity contribution in [1.29, 1.82) is 0 Å². The van der Waals surface area contributed by atoms with Gasteiger partial charge in [-0.15, -0.1) is 0 Å². The molecular weight excluding hydrogens is 392 g/mol. The Balaban J connectivity index is 0. The molecule has 0 saturated carbocycles. The maximum absolute atomic E-state index is 0. The first-order chi connectivity index (χ1) is 0. The molecule has 0 aliphatic rings. The zero-order valence-corrected chi connectivity index (χ0v) is 7.70. The molecular formula is H7BCoCrNiSiW. The van der Waals surface area contributed by atoms with Crippen LogP contribution in [0.25, 0.3) is 0 Å². The minimum Gasteiger partial charge on any atom is -0.0149 e. The largest absolute Gasteiger partial charge is 0.0814 e. The van der Waals surface area contributed by atoms with E-state index >= 15 is 0 Å². The van der Waals surface area contributed by atoms with Gasteiger partial charge in [-0.3, -0.25) is 0 Å². The van der Waals surface area contributed by atoms with Gasteiger partial charge in [-0.2, -0.15) is 0 Å². The fourth-order valence-corrected chi connectivity index (χ4v) is 0. The minimum atomic E-state index is 0. The molecule has 6 heteroatoms. The third-order valence-corrected chi connectivity index (χ3v) is 0. The summed E-state index contributed by atoms with van der Waals surface area (Å²) in [7, 11) is 0. The first-order valence-electron chi connectivity index (χ1n) is 0. The molecule has 0 aliphatic carbocycles. The SMILES string of the molecule is B.[Co].[Cr].[Ni].[SiH4].[W]. The maximum atomic E-state index is 0. The zero-order chi connectivity index (χ0) is 0. The Morgan fingerprint density at radius 2 is 1.00 bits per heavy atom. The van der Waals surface area contributed by atoms with Crippen molar-refractivity contribution in [3.8, 4) is 0 Å². The van der Waals surface area contributed by atoms with Crippen LogP contribution >= 0.6 is 0 Å². The topological polar surface area (TPSA) is 0 Å². The molecule has 0 heterocycles. The molecule has 0 spiro atoms. The fraction of sp³-hybridized carbons (Fsp3) is 0. The summed E-state index contributed by atoms with van der Waals surface area (Å²) >= 11 is 0. The van der Waals surface area contributed by atoms with E-state index < -0.39 is 0 Å². The molecule has 0 rings (SSSR count). The first-order valence-corrected chi connectivity index (χ1v) is 0. The van der Waals surface area contributed by atoms with Crippen LogP contribution in [-0.4, -0.2) is 19.4 Å². The molecule has 0 fully saturated rings. The normalized spacial score (nSPS) is 0. The summed E-state index contributed by atoms with van der Waals surface area (Å²) in [5.74, 6) is 0. The van der Waals surface area contributed by atoms with Crippen molar-refractivity contribution >= 4 is 19.4 Å². The zero-order valence-electron chi connectivity index (χ0n) is 1.47. The van der Waals surface area contributed by atoms with Crippen LogP contribution in [0.5, 0.6) is 0 Å². The van der Waals surface area contributed by atoms with Gasteiger partial charge in [-0.05, 0) is 11.0 Å². The van der Waals surface area contributed by atoms with Crippen molar-refractivity contribution in [3.05, 3.63) is 0 Å². The van der Waals surface area contributed by atoms with Gasteiger partial charge in [0.05, 0.1) is 8.41 Å². The smallest absolute Gasteiger partial charge is 0.0149 e. The monoisotopic (exact) mass is 399 g/mol. The second-order valence-corrected chi connectivity index (χ2v) is 0. The number of rotatable bonds is 0. The number of hydrogen-bond acceptors (Lipinski definition) is 0. The third-order valence-electron chi connectivity index (χ3n) is 0. The summed E-state index contributed by atoms with van der Waals surface area (Å²) in [6, 6.07) is 0.